The minimum absolute atomic E-state index is 0. The highest BCUT2D eigenvalue weighted by molar-refractivity contribution is 8.93. The zero-order chi connectivity index (χ0) is 13.9. The van der Waals surface area contributed by atoms with Gasteiger partial charge in [0.25, 0.3) is 0 Å². The number of benzene rings is 2. The topological polar surface area (TPSA) is 64.1 Å². The van der Waals surface area contributed by atoms with Crippen molar-refractivity contribution >= 4 is 34.0 Å². The number of nitrogens with two attached hydrogens (primary N) is 1. The summed E-state index contributed by atoms with van der Waals surface area (Å²) in [5.74, 6) is 0. The molecule has 0 aliphatic heterocycles. The lowest BCUT2D eigenvalue weighted by atomic mass is 10.0. The second kappa shape index (κ2) is 8.12. The van der Waals surface area contributed by atoms with Gasteiger partial charge in [-0.25, -0.2) is 0 Å². The highest BCUT2D eigenvalue weighted by atomic mass is 79.9. The van der Waals surface area contributed by atoms with Crippen molar-refractivity contribution in [3.63, 3.8) is 0 Å². The Labute approximate surface area is 150 Å². The number of nitrogens with zero attached hydrogens (tertiary/aromatic N) is 2. The summed E-state index contributed by atoms with van der Waals surface area (Å²) in [4.78, 5) is 0.808. The highest BCUT2D eigenvalue weighted by Crippen LogP contribution is 2.25. The molecule has 0 bridgehead atoms. The van der Waals surface area contributed by atoms with Crippen LogP contribution in [0.5, 0.6) is 0 Å². The minimum atomic E-state index is 0. The zero-order valence-corrected chi connectivity index (χ0v) is 15.1. The maximum absolute atomic E-state index is 9.41. The van der Waals surface area contributed by atoms with Crippen LogP contribution in [-0.2, 0) is 6.54 Å². The fourth-order valence-corrected chi connectivity index (χ4v) is 2.24. The van der Waals surface area contributed by atoms with Crippen LogP contribution in [-0.4, -0.2) is 15.2 Å². The molecule has 3 aromatic rings. The number of aromatic nitrogens is 2. The molecule has 116 valence electrons. The van der Waals surface area contributed by atoms with Gasteiger partial charge in [-0.1, -0.05) is 54.6 Å². The monoisotopic (exact) mass is 425 g/mol. The van der Waals surface area contributed by atoms with Crippen molar-refractivity contribution in [2.24, 2.45) is 5.73 Å². The van der Waals surface area contributed by atoms with Crippen LogP contribution in [0.25, 0.3) is 22.4 Å². The van der Waals surface area contributed by atoms with Gasteiger partial charge in [0.2, 0.25) is 0 Å². The van der Waals surface area contributed by atoms with E-state index in [1.165, 1.54) is 11.8 Å². The van der Waals surface area contributed by atoms with Gasteiger partial charge in [-0.3, -0.25) is 0 Å². The quantitative estimate of drug-likeness (QED) is 0.620. The average molecular weight is 427 g/mol. The van der Waals surface area contributed by atoms with Gasteiger partial charge < -0.3 is 10.9 Å². The molecule has 4 nitrogen and oxygen atoms in total. The molecule has 0 amide bonds. The Hall–Kier alpha value is -1.63. The van der Waals surface area contributed by atoms with Gasteiger partial charge in [-0.2, -0.15) is 0 Å². The Bertz CT molecular complexity index is 712. The van der Waals surface area contributed by atoms with Crippen molar-refractivity contribution in [1.82, 2.24) is 9.94 Å². The molecule has 0 aliphatic rings. The van der Waals surface area contributed by atoms with E-state index in [2.05, 4.69) is 17.2 Å². The Morgan fingerprint density at radius 2 is 1.41 bits per heavy atom. The summed E-state index contributed by atoms with van der Waals surface area (Å²) in [6.45, 7) is 0.344. The molecule has 1 heterocycles. The van der Waals surface area contributed by atoms with Crippen molar-refractivity contribution in [3.05, 3.63) is 66.4 Å². The molecule has 0 unspecified atom stereocenters. The first-order valence-corrected chi connectivity index (χ1v) is 6.41. The predicted octanol–water partition coefficient (Wildman–Crippen LogP) is 4.07. The molecule has 2 aromatic carbocycles. The number of halogens is 2. The summed E-state index contributed by atoms with van der Waals surface area (Å²) in [5, 5.41) is 13.5. The lowest BCUT2D eigenvalue weighted by molar-refractivity contribution is 0.149. The van der Waals surface area contributed by atoms with E-state index in [-0.39, 0.29) is 34.0 Å². The van der Waals surface area contributed by atoms with Crippen LogP contribution in [0.15, 0.2) is 60.8 Å². The molecule has 0 spiro atoms. The molecular formula is C16H17Br2N3O. The fraction of sp³-hybridized carbons (Fsp3) is 0.0625. The van der Waals surface area contributed by atoms with Crippen LogP contribution in [0.4, 0.5) is 0 Å². The molecule has 0 radical (unpaired) electrons. The van der Waals surface area contributed by atoms with Crippen LogP contribution >= 0.6 is 34.0 Å². The zero-order valence-electron chi connectivity index (χ0n) is 11.7. The molecule has 22 heavy (non-hydrogen) atoms. The Balaban J connectivity index is 0.00000121. The van der Waals surface area contributed by atoms with Gasteiger partial charge in [0.05, 0.1) is 6.20 Å². The van der Waals surface area contributed by atoms with E-state index in [0.29, 0.717) is 6.54 Å². The molecule has 0 saturated heterocycles. The highest BCUT2D eigenvalue weighted by Gasteiger charge is 2.09. The van der Waals surface area contributed by atoms with E-state index in [1.807, 2.05) is 42.5 Å². The minimum Gasteiger partial charge on any atom is -0.412 e. The largest absolute Gasteiger partial charge is 0.412 e. The molecule has 3 rings (SSSR count). The Morgan fingerprint density at radius 1 is 0.864 bits per heavy atom. The van der Waals surface area contributed by atoms with Crippen molar-refractivity contribution in [1.29, 1.82) is 0 Å². The van der Waals surface area contributed by atoms with Gasteiger partial charge in [-0.15, -0.1) is 43.9 Å². The Morgan fingerprint density at radius 3 is 2.00 bits per heavy atom. The third-order valence-corrected chi connectivity index (χ3v) is 3.26. The van der Waals surface area contributed by atoms with Crippen LogP contribution < -0.4 is 5.73 Å². The summed E-state index contributed by atoms with van der Waals surface area (Å²) in [6.07, 6.45) is 1.53. The van der Waals surface area contributed by atoms with E-state index >= 15 is 0 Å². The first-order chi connectivity index (χ1) is 9.78. The molecule has 0 fully saturated rings. The molecule has 0 aliphatic carbocycles. The first kappa shape index (κ1) is 18.4. The summed E-state index contributed by atoms with van der Waals surface area (Å²) < 4.78 is 0. The molecular weight excluding hydrogens is 410 g/mol. The SMILES string of the molecule is Br.Br.NCc1cn(O)nc1-c1ccc(-c2ccccc2)cc1. The van der Waals surface area contributed by atoms with Gasteiger partial charge >= 0.3 is 0 Å². The van der Waals surface area contributed by atoms with Crippen molar-refractivity contribution in [2.75, 3.05) is 0 Å². The van der Waals surface area contributed by atoms with Crippen LogP contribution in [0.1, 0.15) is 5.56 Å². The van der Waals surface area contributed by atoms with E-state index in [9.17, 15) is 5.21 Å². The van der Waals surface area contributed by atoms with E-state index in [0.717, 1.165) is 27.2 Å². The third-order valence-electron chi connectivity index (χ3n) is 3.26. The van der Waals surface area contributed by atoms with Crippen LogP contribution in [0.3, 0.4) is 0 Å². The third kappa shape index (κ3) is 3.76. The van der Waals surface area contributed by atoms with Gasteiger partial charge in [0.15, 0.2) is 0 Å². The van der Waals surface area contributed by atoms with Crippen molar-refractivity contribution in [3.8, 4) is 22.4 Å². The molecule has 0 atom stereocenters. The lowest BCUT2D eigenvalue weighted by Crippen LogP contribution is -1.96. The van der Waals surface area contributed by atoms with Crippen molar-refractivity contribution in [2.45, 2.75) is 6.54 Å². The van der Waals surface area contributed by atoms with E-state index in [4.69, 9.17) is 5.73 Å². The summed E-state index contributed by atoms with van der Waals surface area (Å²) in [5.41, 5.74) is 10.5. The van der Waals surface area contributed by atoms with Crippen LogP contribution in [0.2, 0.25) is 0 Å². The normalized spacial score (nSPS) is 9.68. The van der Waals surface area contributed by atoms with Crippen molar-refractivity contribution < 1.29 is 5.21 Å². The molecule has 6 heteroatoms. The number of rotatable bonds is 3. The fourth-order valence-electron chi connectivity index (χ4n) is 2.24. The maximum Gasteiger partial charge on any atom is 0.100 e. The van der Waals surface area contributed by atoms with Gasteiger partial charge in [0, 0.05) is 17.7 Å². The predicted molar refractivity (Wildman–Crippen MR) is 98.8 cm³/mol. The number of hydrogen-bond donors (Lipinski definition) is 2. The first-order valence-electron chi connectivity index (χ1n) is 6.41. The smallest absolute Gasteiger partial charge is 0.100 e. The summed E-state index contributed by atoms with van der Waals surface area (Å²) >= 11 is 0. The number of hydrogen-bond acceptors (Lipinski definition) is 3. The standard InChI is InChI=1S/C16H15N3O.2BrH/c17-10-15-11-19(20)18-16(15)14-8-6-13(7-9-14)12-4-2-1-3-5-12;;/h1-9,11,20H,10,17H2;2*1H. The Kier molecular flexibility index (Phi) is 6.80. The second-order valence-corrected chi connectivity index (χ2v) is 4.57. The molecule has 0 saturated carbocycles. The molecule has 1 aromatic heterocycles. The maximum atomic E-state index is 9.41. The van der Waals surface area contributed by atoms with Gasteiger partial charge in [0.1, 0.15) is 5.69 Å². The summed E-state index contributed by atoms with van der Waals surface area (Å²) in [7, 11) is 0. The lowest BCUT2D eigenvalue weighted by Gasteiger charge is -2.04. The average Bonchev–Trinajstić information content (AvgIpc) is 2.89. The van der Waals surface area contributed by atoms with Crippen LogP contribution in [0, 0.1) is 0 Å². The van der Waals surface area contributed by atoms with E-state index in [1.54, 1.807) is 0 Å². The summed E-state index contributed by atoms with van der Waals surface area (Å²) in [6, 6.07) is 18.2. The second-order valence-electron chi connectivity index (χ2n) is 4.57. The molecule has 3 N–H and O–H groups in total. The van der Waals surface area contributed by atoms with E-state index < -0.39 is 0 Å². The van der Waals surface area contributed by atoms with Gasteiger partial charge in [-0.05, 0) is 11.1 Å².